The van der Waals surface area contributed by atoms with Gasteiger partial charge in [0.05, 0.1) is 16.7 Å². The molecular formula is C24H27F3. The molecule has 0 radical (unpaired) electrons. The average molecular weight is 372 g/mol. The van der Waals surface area contributed by atoms with Crippen molar-refractivity contribution in [2.75, 3.05) is 0 Å². The summed E-state index contributed by atoms with van der Waals surface area (Å²) in [5.41, 5.74) is -2.90. The molecule has 1 rings (SSSR count). The molecule has 0 bridgehead atoms. The third kappa shape index (κ3) is 7.07. The van der Waals surface area contributed by atoms with Crippen LogP contribution in [-0.2, 0) is 0 Å². The van der Waals surface area contributed by atoms with Gasteiger partial charge in [-0.25, -0.2) is 13.2 Å². The standard InChI is InChI=1S/C24H27F3/c1-22(2,3)13-10-16-19(25)17(11-14-23(4,5)6)21(27)18(20(16)26)12-15-24(7,8)9/h1-9H3. The van der Waals surface area contributed by atoms with Crippen LogP contribution in [0.25, 0.3) is 0 Å². The molecule has 0 unspecified atom stereocenters. The molecule has 0 spiro atoms. The maximum atomic E-state index is 14.9. The van der Waals surface area contributed by atoms with Crippen molar-refractivity contribution in [3.63, 3.8) is 0 Å². The van der Waals surface area contributed by atoms with Crippen molar-refractivity contribution in [3.05, 3.63) is 34.1 Å². The van der Waals surface area contributed by atoms with E-state index in [4.69, 9.17) is 0 Å². The Kier molecular flexibility index (Phi) is 6.52. The van der Waals surface area contributed by atoms with E-state index in [-0.39, 0.29) is 0 Å². The first-order valence-corrected chi connectivity index (χ1v) is 8.82. The van der Waals surface area contributed by atoms with Crippen LogP contribution >= 0.6 is 0 Å². The number of hydrogen-bond acceptors (Lipinski definition) is 0. The molecule has 0 heterocycles. The lowest BCUT2D eigenvalue weighted by molar-refractivity contribution is 0.529. The Labute approximate surface area is 161 Å². The molecule has 1 aromatic rings. The minimum absolute atomic E-state index is 0.470. The molecule has 27 heavy (non-hydrogen) atoms. The van der Waals surface area contributed by atoms with E-state index in [0.717, 1.165) is 0 Å². The molecular weight excluding hydrogens is 345 g/mol. The molecule has 0 amide bonds. The van der Waals surface area contributed by atoms with Crippen LogP contribution in [0.2, 0.25) is 0 Å². The number of halogens is 3. The predicted octanol–water partition coefficient (Wildman–Crippen LogP) is 6.30. The normalized spacial score (nSPS) is 11.6. The largest absolute Gasteiger partial charge is 0.204 e. The minimum atomic E-state index is -1.08. The molecule has 0 fully saturated rings. The quantitative estimate of drug-likeness (QED) is 0.469. The summed E-state index contributed by atoms with van der Waals surface area (Å²) >= 11 is 0. The molecule has 0 aromatic heterocycles. The minimum Gasteiger partial charge on any atom is -0.204 e. The van der Waals surface area contributed by atoms with Crippen molar-refractivity contribution < 1.29 is 13.2 Å². The van der Waals surface area contributed by atoms with Crippen molar-refractivity contribution in [2.45, 2.75) is 62.3 Å². The maximum absolute atomic E-state index is 14.9. The van der Waals surface area contributed by atoms with Crippen LogP contribution in [0, 0.1) is 69.2 Å². The van der Waals surface area contributed by atoms with Gasteiger partial charge in [0, 0.05) is 16.2 Å². The predicted molar refractivity (Wildman–Crippen MR) is 105 cm³/mol. The van der Waals surface area contributed by atoms with Gasteiger partial charge in [0.2, 0.25) is 0 Å². The van der Waals surface area contributed by atoms with E-state index in [1.807, 2.05) is 62.3 Å². The molecule has 0 saturated heterocycles. The molecule has 0 aliphatic heterocycles. The van der Waals surface area contributed by atoms with Gasteiger partial charge < -0.3 is 0 Å². The summed E-state index contributed by atoms with van der Waals surface area (Å²) in [5, 5.41) is 0. The van der Waals surface area contributed by atoms with Crippen molar-refractivity contribution >= 4 is 0 Å². The topological polar surface area (TPSA) is 0 Å². The molecule has 0 aliphatic rings. The van der Waals surface area contributed by atoms with Crippen LogP contribution in [-0.4, -0.2) is 0 Å². The van der Waals surface area contributed by atoms with Crippen molar-refractivity contribution in [2.24, 2.45) is 16.2 Å². The molecule has 0 nitrogen and oxygen atoms in total. The van der Waals surface area contributed by atoms with E-state index in [0.29, 0.717) is 0 Å². The van der Waals surface area contributed by atoms with Gasteiger partial charge >= 0.3 is 0 Å². The SMILES string of the molecule is CC(C)(C)C#Cc1c(F)c(C#CC(C)(C)C)c(F)c(C#CC(C)(C)C)c1F. The van der Waals surface area contributed by atoms with Gasteiger partial charge in [-0.2, -0.15) is 0 Å². The lowest BCUT2D eigenvalue weighted by Crippen LogP contribution is -2.08. The first kappa shape index (κ1) is 22.7. The third-order valence-corrected chi connectivity index (χ3v) is 3.00. The lowest BCUT2D eigenvalue weighted by Gasteiger charge is -2.11. The number of benzene rings is 1. The zero-order chi connectivity index (χ0) is 21.2. The average Bonchev–Trinajstić information content (AvgIpc) is 2.43. The van der Waals surface area contributed by atoms with Crippen LogP contribution in [0.15, 0.2) is 0 Å². The van der Waals surface area contributed by atoms with Crippen molar-refractivity contribution in [1.29, 1.82) is 0 Å². The highest BCUT2D eigenvalue weighted by Gasteiger charge is 2.23. The Bertz CT molecular complexity index is 766. The Morgan fingerprint density at radius 3 is 0.778 bits per heavy atom. The fraction of sp³-hybridized carbons (Fsp3) is 0.500. The van der Waals surface area contributed by atoms with E-state index >= 15 is 0 Å². The number of rotatable bonds is 0. The maximum Gasteiger partial charge on any atom is 0.160 e. The van der Waals surface area contributed by atoms with Gasteiger partial charge in [-0.05, 0) is 62.3 Å². The Morgan fingerprint density at radius 1 is 0.444 bits per heavy atom. The Balaban J connectivity index is 3.90. The second-order valence-corrected chi connectivity index (χ2v) is 9.57. The lowest BCUT2D eigenvalue weighted by atomic mass is 9.94. The zero-order valence-electron chi connectivity index (χ0n) is 17.6. The zero-order valence-corrected chi connectivity index (χ0v) is 17.6. The van der Waals surface area contributed by atoms with Gasteiger partial charge in [0.15, 0.2) is 17.5 Å². The van der Waals surface area contributed by atoms with E-state index < -0.39 is 50.4 Å². The van der Waals surface area contributed by atoms with Gasteiger partial charge in [0.25, 0.3) is 0 Å². The molecule has 0 atom stereocenters. The van der Waals surface area contributed by atoms with Crippen LogP contribution in [0.5, 0.6) is 0 Å². The molecule has 0 saturated carbocycles. The van der Waals surface area contributed by atoms with E-state index in [9.17, 15) is 13.2 Å². The first-order chi connectivity index (χ1) is 12.0. The fourth-order valence-electron chi connectivity index (χ4n) is 1.74. The molecule has 1 aromatic carbocycles. The second-order valence-electron chi connectivity index (χ2n) is 9.57. The van der Waals surface area contributed by atoms with Gasteiger partial charge in [0.1, 0.15) is 0 Å². The summed E-state index contributed by atoms with van der Waals surface area (Å²) in [7, 11) is 0. The van der Waals surface area contributed by atoms with Crippen molar-refractivity contribution in [3.8, 4) is 35.5 Å². The Morgan fingerprint density at radius 2 is 0.630 bits per heavy atom. The summed E-state index contributed by atoms with van der Waals surface area (Å²) in [4.78, 5) is 0. The van der Waals surface area contributed by atoms with Crippen LogP contribution in [0.4, 0.5) is 13.2 Å². The monoisotopic (exact) mass is 372 g/mol. The van der Waals surface area contributed by atoms with Crippen LogP contribution in [0.3, 0.4) is 0 Å². The molecule has 144 valence electrons. The summed E-state index contributed by atoms with van der Waals surface area (Å²) < 4.78 is 44.6. The summed E-state index contributed by atoms with van der Waals surface area (Å²) in [6, 6.07) is 0. The van der Waals surface area contributed by atoms with E-state index in [1.54, 1.807) is 0 Å². The number of hydrogen-bond donors (Lipinski definition) is 0. The van der Waals surface area contributed by atoms with E-state index in [2.05, 4.69) is 35.5 Å². The van der Waals surface area contributed by atoms with Crippen LogP contribution in [0.1, 0.15) is 79.0 Å². The second kappa shape index (κ2) is 7.74. The Hall–Kier alpha value is -2.31. The summed E-state index contributed by atoms with van der Waals surface area (Å²) in [5.74, 6) is 12.7. The highest BCUT2D eigenvalue weighted by molar-refractivity contribution is 5.55. The van der Waals surface area contributed by atoms with Crippen molar-refractivity contribution in [1.82, 2.24) is 0 Å². The summed E-state index contributed by atoms with van der Waals surface area (Å²) in [6.45, 7) is 16.4. The molecule has 0 N–H and O–H groups in total. The molecule has 0 aliphatic carbocycles. The van der Waals surface area contributed by atoms with Crippen LogP contribution < -0.4 is 0 Å². The highest BCUT2D eigenvalue weighted by atomic mass is 19.1. The third-order valence-electron chi connectivity index (χ3n) is 3.00. The highest BCUT2D eigenvalue weighted by Crippen LogP contribution is 2.26. The van der Waals surface area contributed by atoms with Gasteiger partial charge in [-0.3, -0.25) is 0 Å². The smallest absolute Gasteiger partial charge is 0.160 e. The van der Waals surface area contributed by atoms with E-state index in [1.165, 1.54) is 0 Å². The van der Waals surface area contributed by atoms with Gasteiger partial charge in [-0.1, -0.05) is 35.5 Å². The fourth-order valence-corrected chi connectivity index (χ4v) is 1.74. The first-order valence-electron chi connectivity index (χ1n) is 8.82. The molecule has 3 heteroatoms. The summed E-state index contributed by atoms with van der Waals surface area (Å²) in [6.07, 6.45) is 0. The van der Waals surface area contributed by atoms with Gasteiger partial charge in [-0.15, -0.1) is 0 Å².